The third kappa shape index (κ3) is 3.17. The summed E-state index contributed by atoms with van der Waals surface area (Å²) < 4.78 is 16.3. The van der Waals surface area contributed by atoms with Crippen LogP contribution in [0.15, 0.2) is 75.6 Å². The molecule has 0 aliphatic heterocycles. The van der Waals surface area contributed by atoms with E-state index in [1.54, 1.807) is 22.9 Å². The van der Waals surface area contributed by atoms with Gasteiger partial charge in [0.15, 0.2) is 16.3 Å². The molecule has 5 aromatic rings. The molecule has 150 valence electrons. The third-order valence-electron chi connectivity index (χ3n) is 4.70. The van der Waals surface area contributed by atoms with Crippen LogP contribution < -0.4 is 5.56 Å². The molecule has 3 aromatic heterocycles. The number of aromatic nitrogens is 5. The van der Waals surface area contributed by atoms with Crippen molar-refractivity contribution in [1.82, 2.24) is 23.9 Å². The van der Waals surface area contributed by atoms with Crippen molar-refractivity contribution in [2.45, 2.75) is 16.6 Å². The molecule has 5 rings (SSSR count). The number of imidazole rings is 2. The quantitative estimate of drug-likeness (QED) is 0.455. The predicted octanol–water partition coefficient (Wildman–Crippen LogP) is 3.32. The number of hydrogen-bond acceptors (Lipinski definition) is 5. The highest BCUT2D eigenvalue weighted by Gasteiger charge is 2.19. The molecule has 0 spiro atoms. The Balaban J connectivity index is 1.66. The fraction of sp³-hybridized carbons (Fsp3) is 0.0952. The number of H-pyrrole nitrogens is 1. The molecule has 30 heavy (non-hydrogen) atoms. The number of nitrogens with one attached hydrogen (secondary N) is 1. The van der Waals surface area contributed by atoms with Gasteiger partial charge in [0.05, 0.1) is 12.3 Å². The lowest BCUT2D eigenvalue weighted by atomic mass is 10.2. The molecular weight excluding hydrogens is 405 g/mol. The number of halogens is 1. The van der Waals surface area contributed by atoms with E-state index in [9.17, 15) is 14.3 Å². The number of aliphatic hydroxyl groups excluding tert-OH is 1. The second kappa shape index (κ2) is 7.43. The van der Waals surface area contributed by atoms with E-state index in [0.717, 1.165) is 16.2 Å². The zero-order valence-corrected chi connectivity index (χ0v) is 16.4. The number of aliphatic hydroxyl groups is 1. The normalized spacial score (nSPS) is 11.5. The standard InChI is InChI=1S/C21H16FN5O2S/c22-14-6-8-15(9-7-14)30-21-24-17-18(26(21)10-11-28)25-20-23-16(12-27(20)19(17)29)13-4-2-1-3-5-13/h1-9,12,28H,10-11H2,(H,23,25). The van der Waals surface area contributed by atoms with Crippen LogP contribution in [0.1, 0.15) is 0 Å². The zero-order valence-electron chi connectivity index (χ0n) is 15.6. The molecule has 0 saturated heterocycles. The first kappa shape index (κ1) is 18.6. The van der Waals surface area contributed by atoms with Gasteiger partial charge in [0.25, 0.3) is 5.56 Å². The van der Waals surface area contributed by atoms with Crippen LogP contribution in [0.25, 0.3) is 28.2 Å². The molecule has 3 heterocycles. The number of aromatic amines is 1. The summed E-state index contributed by atoms with van der Waals surface area (Å²) in [5.41, 5.74) is 2.00. The van der Waals surface area contributed by atoms with Gasteiger partial charge in [-0.15, -0.1) is 0 Å². The van der Waals surface area contributed by atoms with Gasteiger partial charge in [0.1, 0.15) is 5.82 Å². The second-order valence-electron chi connectivity index (χ2n) is 6.64. The number of hydrogen-bond donors (Lipinski definition) is 2. The van der Waals surface area contributed by atoms with Crippen molar-refractivity contribution in [3.8, 4) is 11.3 Å². The maximum Gasteiger partial charge on any atom is 0.287 e. The number of rotatable bonds is 5. The Morgan fingerprint density at radius 2 is 1.83 bits per heavy atom. The summed E-state index contributed by atoms with van der Waals surface area (Å²) in [7, 11) is 0. The highest BCUT2D eigenvalue weighted by atomic mass is 32.2. The minimum atomic E-state index is -0.327. The summed E-state index contributed by atoms with van der Waals surface area (Å²) in [5, 5.41) is 10.0. The number of benzene rings is 2. The molecule has 9 heteroatoms. The summed E-state index contributed by atoms with van der Waals surface area (Å²) in [6, 6.07) is 15.7. The van der Waals surface area contributed by atoms with Crippen LogP contribution in [0, 0.1) is 5.82 Å². The Morgan fingerprint density at radius 1 is 1.07 bits per heavy atom. The van der Waals surface area contributed by atoms with Gasteiger partial charge in [0, 0.05) is 17.6 Å². The first-order valence-corrected chi connectivity index (χ1v) is 10.1. The van der Waals surface area contributed by atoms with E-state index in [0.29, 0.717) is 16.6 Å². The molecule has 0 radical (unpaired) electrons. The molecule has 0 atom stereocenters. The molecule has 0 amide bonds. The summed E-state index contributed by atoms with van der Waals surface area (Å²) in [6.45, 7) is 0.0956. The molecule has 0 fully saturated rings. The molecular formula is C21H16FN5O2S. The van der Waals surface area contributed by atoms with Gasteiger partial charge in [-0.25, -0.2) is 13.8 Å². The first-order valence-electron chi connectivity index (χ1n) is 9.25. The minimum Gasteiger partial charge on any atom is -0.395 e. The van der Waals surface area contributed by atoms with Crippen LogP contribution in [0.2, 0.25) is 0 Å². The van der Waals surface area contributed by atoms with Crippen LogP contribution in [0.5, 0.6) is 0 Å². The Labute approximate surface area is 173 Å². The largest absolute Gasteiger partial charge is 0.395 e. The van der Waals surface area contributed by atoms with Gasteiger partial charge in [-0.2, -0.15) is 4.98 Å². The second-order valence-corrected chi connectivity index (χ2v) is 7.68. The highest BCUT2D eigenvalue weighted by Crippen LogP contribution is 2.29. The average molecular weight is 421 g/mol. The summed E-state index contributed by atoms with van der Waals surface area (Å²) >= 11 is 1.28. The van der Waals surface area contributed by atoms with E-state index in [-0.39, 0.29) is 30.0 Å². The fourth-order valence-electron chi connectivity index (χ4n) is 3.29. The monoisotopic (exact) mass is 421 g/mol. The molecule has 0 unspecified atom stereocenters. The van der Waals surface area contributed by atoms with Crippen LogP contribution in [-0.4, -0.2) is 35.6 Å². The Kier molecular flexibility index (Phi) is 4.61. The van der Waals surface area contributed by atoms with Gasteiger partial charge in [0.2, 0.25) is 5.78 Å². The van der Waals surface area contributed by atoms with Crippen LogP contribution in [0.3, 0.4) is 0 Å². The van der Waals surface area contributed by atoms with Crippen molar-refractivity contribution < 1.29 is 9.50 Å². The SMILES string of the molecule is O=c1c2nc(Sc3ccc(F)cc3)n(CCO)c2nc2[nH]c(-c3ccccc3)cn12. The Morgan fingerprint density at radius 3 is 2.57 bits per heavy atom. The van der Waals surface area contributed by atoms with Gasteiger partial charge >= 0.3 is 0 Å². The van der Waals surface area contributed by atoms with Crippen molar-refractivity contribution in [2.24, 2.45) is 0 Å². The van der Waals surface area contributed by atoms with E-state index >= 15 is 0 Å². The van der Waals surface area contributed by atoms with E-state index < -0.39 is 0 Å². The van der Waals surface area contributed by atoms with Crippen molar-refractivity contribution in [2.75, 3.05) is 6.61 Å². The van der Waals surface area contributed by atoms with Crippen LogP contribution in [-0.2, 0) is 6.54 Å². The highest BCUT2D eigenvalue weighted by molar-refractivity contribution is 7.99. The average Bonchev–Trinajstić information content (AvgIpc) is 3.34. The molecule has 7 nitrogen and oxygen atoms in total. The molecule has 0 aliphatic carbocycles. The van der Waals surface area contributed by atoms with Crippen LogP contribution >= 0.6 is 11.8 Å². The maximum atomic E-state index is 13.2. The number of nitrogens with zero attached hydrogens (tertiary/aromatic N) is 4. The lowest BCUT2D eigenvalue weighted by Crippen LogP contribution is -2.14. The summed E-state index contributed by atoms with van der Waals surface area (Å²) in [4.78, 5) is 26.1. The van der Waals surface area contributed by atoms with E-state index in [2.05, 4.69) is 15.0 Å². The summed E-state index contributed by atoms with van der Waals surface area (Å²) in [5.74, 6) is 0.0652. The summed E-state index contributed by atoms with van der Waals surface area (Å²) in [6.07, 6.45) is 1.71. The Bertz CT molecular complexity index is 1410. The maximum absolute atomic E-state index is 13.2. The smallest absolute Gasteiger partial charge is 0.287 e. The van der Waals surface area contributed by atoms with E-state index in [4.69, 9.17) is 0 Å². The molecule has 0 bridgehead atoms. The van der Waals surface area contributed by atoms with Crippen molar-refractivity contribution in [1.29, 1.82) is 0 Å². The zero-order chi connectivity index (χ0) is 20.7. The topological polar surface area (TPSA) is 88.2 Å². The molecule has 2 aromatic carbocycles. The predicted molar refractivity (Wildman–Crippen MR) is 112 cm³/mol. The molecule has 0 saturated carbocycles. The van der Waals surface area contributed by atoms with Gasteiger partial charge in [-0.3, -0.25) is 4.79 Å². The first-order chi connectivity index (χ1) is 14.6. The lowest BCUT2D eigenvalue weighted by molar-refractivity contribution is 0.273. The van der Waals surface area contributed by atoms with Crippen LogP contribution in [0.4, 0.5) is 4.39 Å². The molecule has 0 aliphatic rings. The fourth-order valence-corrected chi connectivity index (χ4v) is 4.20. The van der Waals surface area contributed by atoms with Crippen molar-refractivity contribution in [3.63, 3.8) is 0 Å². The van der Waals surface area contributed by atoms with Gasteiger partial charge < -0.3 is 14.7 Å². The van der Waals surface area contributed by atoms with Crippen molar-refractivity contribution in [3.05, 3.63) is 77.0 Å². The van der Waals surface area contributed by atoms with Gasteiger partial charge in [-0.05, 0) is 29.8 Å². The lowest BCUT2D eigenvalue weighted by Gasteiger charge is -2.06. The number of fused-ring (bicyclic) bond motifs is 2. The van der Waals surface area contributed by atoms with Crippen molar-refractivity contribution >= 4 is 28.7 Å². The Hall–Kier alpha value is -3.43. The van der Waals surface area contributed by atoms with Gasteiger partial charge in [-0.1, -0.05) is 42.1 Å². The molecule has 2 N–H and O–H groups in total. The van der Waals surface area contributed by atoms with E-state index in [1.807, 2.05) is 30.3 Å². The van der Waals surface area contributed by atoms with E-state index in [1.165, 1.54) is 28.3 Å². The minimum absolute atomic E-state index is 0.135. The third-order valence-corrected chi connectivity index (χ3v) is 5.71.